The van der Waals surface area contributed by atoms with Gasteiger partial charge in [0, 0.05) is 33.5 Å². The molecule has 1 aliphatic rings. The number of imidazole rings is 1. The van der Waals surface area contributed by atoms with E-state index in [0.29, 0.717) is 30.1 Å². The van der Waals surface area contributed by atoms with Gasteiger partial charge in [-0.25, -0.2) is 9.78 Å². The molecule has 146 valence electrons. The average Bonchev–Trinajstić information content (AvgIpc) is 2.92. The monoisotopic (exact) mass is 392 g/mol. The molecule has 2 aromatic heterocycles. The number of allylic oxidation sites excluding steroid dienone is 2. The molecule has 9 heteroatoms. The van der Waals surface area contributed by atoms with Gasteiger partial charge < -0.3 is 9.67 Å². The number of aromatic nitrogens is 4. The van der Waals surface area contributed by atoms with Crippen molar-refractivity contribution in [2.45, 2.75) is 51.7 Å². The zero-order chi connectivity index (χ0) is 20.1. The third-order valence-electron chi connectivity index (χ3n) is 4.75. The molecule has 27 heavy (non-hydrogen) atoms. The molecular formula is C18H24N4O4S. The van der Waals surface area contributed by atoms with Crippen LogP contribution in [-0.4, -0.2) is 29.6 Å². The van der Waals surface area contributed by atoms with Crippen molar-refractivity contribution in [3.63, 3.8) is 0 Å². The zero-order valence-corrected chi connectivity index (χ0v) is 17.0. The Kier molecular flexibility index (Phi) is 4.83. The first-order chi connectivity index (χ1) is 12.6. The number of thioether (sulfide) groups is 1. The number of carbonyl (C=O) groups is 1. The smallest absolute Gasteiger partial charge is 0.332 e. The lowest BCUT2D eigenvalue weighted by atomic mass is 9.79. The van der Waals surface area contributed by atoms with Crippen molar-refractivity contribution in [3.05, 3.63) is 31.5 Å². The molecule has 1 N–H and O–H groups in total. The number of Topliss-reactive ketones (excluding diaryl/α,β-unsaturated/α-hetero) is 1. The van der Waals surface area contributed by atoms with Gasteiger partial charge in [-0.05, 0) is 23.6 Å². The lowest BCUT2D eigenvalue weighted by Gasteiger charge is -2.29. The Labute approximate surface area is 160 Å². The fourth-order valence-corrected chi connectivity index (χ4v) is 4.40. The van der Waals surface area contributed by atoms with E-state index in [1.807, 2.05) is 20.8 Å². The predicted octanol–water partition coefficient (Wildman–Crippen LogP) is 2.09. The molecule has 0 aliphatic heterocycles. The van der Waals surface area contributed by atoms with Gasteiger partial charge in [-0.1, -0.05) is 20.8 Å². The van der Waals surface area contributed by atoms with Gasteiger partial charge in [0.1, 0.15) is 5.76 Å². The van der Waals surface area contributed by atoms with Gasteiger partial charge in [0.2, 0.25) is 0 Å². The van der Waals surface area contributed by atoms with Crippen molar-refractivity contribution < 1.29 is 9.90 Å². The van der Waals surface area contributed by atoms with E-state index in [1.54, 1.807) is 11.6 Å². The van der Waals surface area contributed by atoms with Crippen molar-refractivity contribution in [2.24, 2.45) is 19.5 Å². The molecule has 0 unspecified atom stereocenters. The SMILES string of the molecule is CCCn1c(SC2=C(O)CC(C)(C)CC2=O)nc2c1c(=O)n(C)c(=O)n2C. The number of hydrogen-bond donors (Lipinski definition) is 1. The summed E-state index contributed by atoms with van der Waals surface area (Å²) < 4.78 is 4.11. The van der Waals surface area contributed by atoms with E-state index < -0.39 is 11.2 Å². The lowest BCUT2D eigenvalue weighted by molar-refractivity contribution is -0.117. The minimum Gasteiger partial charge on any atom is -0.511 e. The second-order valence-electron chi connectivity index (χ2n) is 7.74. The minimum atomic E-state index is -0.456. The Bertz CT molecular complexity index is 1090. The second-order valence-corrected chi connectivity index (χ2v) is 8.72. The van der Waals surface area contributed by atoms with Gasteiger partial charge in [0.15, 0.2) is 22.1 Å². The number of aryl methyl sites for hydroxylation is 2. The quantitative estimate of drug-likeness (QED) is 0.855. The summed E-state index contributed by atoms with van der Waals surface area (Å²) in [5.41, 5.74) is -0.553. The van der Waals surface area contributed by atoms with Crippen LogP contribution in [0.3, 0.4) is 0 Å². The van der Waals surface area contributed by atoms with Crippen LogP contribution in [0, 0.1) is 5.41 Å². The van der Waals surface area contributed by atoms with Crippen molar-refractivity contribution >= 4 is 28.7 Å². The second kappa shape index (κ2) is 6.70. The fourth-order valence-electron chi connectivity index (χ4n) is 3.41. The Morgan fingerprint density at radius 1 is 1.15 bits per heavy atom. The van der Waals surface area contributed by atoms with E-state index in [4.69, 9.17) is 0 Å². The number of carbonyl (C=O) groups excluding carboxylic acids is 1. The summed E-state index contributed by atoms with van der Waals surface area (Å²) >= 11 is 1.07. The number of rotatable bonds is 4. The van der Waals surface area contributed by atoms with Crippen LogP contribution in [0.15, 0.2) is 25.4 Å². The topological polar surface area (TPSA) is 99.1 Å². The summed E-state index contributed by atoms with van der Waals surface area (Å²) in [6, 6.07) is 0. The Balaban J connectivity index is 2.21. The van der Waals surface area contributed by atoms with Crippen LogP contribution in [0.4, 0.5) is 0 Å². The third-order valence-corrected chi connectivity index (χ3v) is 5.92. The molecule has 8 nitrogen and oxygen atoms in total. The van der Waals surface area contributed by atoms with Crippen LogP contribution < -0.4 is 11.2 Å². The Morgan fingerprint density at radius 2 is 1.81 bits per heavy atom. The van der Waals surface area contributed by atoms with Crippen molar-refractivity contribution in [1.82, 2.24) is 18.7 Å². The number of ketones is 1. The fraction of sp³-hybridized carbons (Fsp3) is 0.556. The number of aliphatic hydroxyl groups is 1. The van der Waals surface area contributed by atoms with E-state index in [1.165, 1.54) is 11.6 Å². The first-order valence-electron chi connectivity index (χ1n) is 8.87. The highest BCUT2D eigenvalue weighted by atomic mass is 32.2. The lowest BCUT2D eigenvalue weighted by Crippen LogP contribution is -2.37. The zero-order valence-electron chi connectivity index (χ0n) is 16.2. The van der Waals surface area contributed by atoms with Gasteiger partial charge >= 0.3 is 5.69 Å². The number of hydrogen-bond acceptors (Lipinski definition) is 6. The number of aliphatic hydroxyl groups excluding tert-OH is 1. The molecule has 1 aliphatic carbocycles. The molecule has 0 bridgehead atoms. The largest absolute Gasteiger partial charge is 0.511 e. The van der Waals surface area contributed by atoms with Crippen molar-refractivity contribution in [1.29, 1.82) is 0 Å². The van der Waals surface area contributed by atoms with Crippen LogP contribution >= 0.6 is 11.8 Å². The molecular weight excluding hydrogens is 368 g/mol. The first kappa shape index (κ1) is 19.5. The highest BCUT2D eigenvalue weighted by Crippen LogP contribution is 2.41. The summed E-state index contributed by atoms with van der Waals surface area (Å²) in [6.45, 7) is 6.36. The maximum Gasteiger partial charge on any atom is 0.332 e. The molecule has 0 spiro atoms. The summed E-state index contributed by atoms with van der Waals surface area (Å²) in [5, 5.41) is 10.8. The molecule has 2 heterocycles. The van der Waals surface area contributed by atoms with Gasteiger partial charge in [-0.15, -0.1) is 0 Å². The van der Waals surface area contributed by atoms with Crippen molar-refractivity contribution in [3.8, 4) is 0 Å². The molecule has 0 saturated carbocycles. The Hall–Kier alpha value is -2.29. The van der Waals surface area contributed by atoms with Crippen molar-refractivity contribution in [2.75, 3.05) is 0 Å². The summed E-state index contributed by atoms with van der Waals surface area (Å²) in [4.78, 5) is 42.2. The molecule has 0 fully saturated rings. The van der Waals surface area contributed by atoms with Crippen LogP contribution in [0.25, 0.3) is 11.2 Å². The van der Waals surface area contributed by atoms with E-state index in [2.05, 4.69) is 4.98 Å². The predicted molar refractivity (Wildman–Crippen MR) is 104 cm³/mol. The van der Waals surface area contributed by atoms with Gasteiger partial charge in [0.05, 0.1) is 4.91 Å². The van der Waals surface area contributed by atoms with Gasteiger partial charge in [-0.3, -0.25) is 18.7 Å². The molecule has 0 atom stereocenters. The Morgan fingerprint density at radius 3 is 2.41 bits per heavy atom. The normalized spacial score (nSPS) is 17.1. The van der Waals surface area contributed by atoms with Crippen LogP contribution in [0.5, 0.6) is 0 Å². The van der Waals surface area contributed by atoms with Crippen LogP contribution in [0.2, 0.25) is 0 Å². The maximum atomic E-state index is 12.7. The highest BCUT2D eigenvalue weighted by Gasteiger charge is 2.34. The van der Waals surface area contributed by atoms with Crippen LogP contribution in [0.1, 0.15) is 40.0 Å². The number of nitrogens with zero attached hydrogens (tertiary/aromatic N) is 4. The number of fused-ring (bicyclic) bond motifs is 1. The van der Waals surface area contributed by atoms with E-state index in [0.717, 1.165) is 22.7 Å². The molecule has 3 rings (SSSR count). The van der Waals surface area contributed by atoms with Gasteiger partial charge in [-0.2, -0.15) is 0 Å². The van der Waals surface area contributed by atoms with E-state index >= 15 is 0 Å². The summed E-state index contributed by atoms with van der Waals surface area (Å²) in [5.74, 6) is -0.0798. The summed E-state index contributed by atoms with van der Waals surface area (Å²) in [6.07, 6.45) is 1.50. The molecule has 0 radical (unpaired) electrons. The highest BCUT2D eigenvalue weighted by molar-refractivity contribution is 8.03. The third kappa shape index (κ3) is 3.24. The first-order valence-corrected chi connectivity index (χ1v) is 9.68. The van der Waals surface area contributed by atoms with E-state index in [-0.39, 0.29) is 27.5 Å². The summed E-state index contributed by atoms with van der Waals surface area (Å²) in [7, 11) is 2.99. The molecule has 2 aromatic rings. The van der Waals surface area contributed by atoms with E-state index in [9.17, 15) is 19.5 Å². The molecule has 0 saturated heterocycles. The van der Waals surface area contributed by atoms with Crippen LogP contribution in [-0.2, 0) is 25.4 Å². The maximum absolute atomic E-state index is 12.7. The standard InChI is InChI=1S/C18H24N4O4S/c1-6-7-22-12-14(20(4)17(26)21(5)15(12)25)19-16(22)27-13-10(23)8-18(2,3)9-11(13)24/h23H,6-9H2,1-5H3. The van der Waals surface area contributed by atoms with Gasteiger partial charge in [0.25, 0.3) is 5.56 Å². The minimum absolute atomic E-state index is 0.0538. The molecule has 0 amide bonds. The molecule has 0 aromatic carbocycles. The average molecular weight is 392 g/mol.